The van der Waals surface area contributed by atoms with Crippen LogP contribution in [0.3, 0.4) is 0 Å². The summed E-state index contributed by atoms with van der Waals surface area (Å²) in [5.41, 5.74) is 0.919. The van der Waals surface area contributed by atoms with Gasteiger partial charge in [0.15, 0.2) is 5.03 Å². The van der Waals surface area contributed by atoms with Crippen LogP contribution in [-0.4, -0.2) is 58.4 Å². The minimum absolute atomic E-state index is 0.129. The molecule has 9 heteroatoms. The molecular formula is C17H26N6O2S. The summed E-state index contributed by atoms with van der Waals surface area (Å²) in [6, 6.07) is 2.38. The van der Waals surface area contributed by atoms with Gasteiger partial charge in [-0.2, -0.15) is 4.31 Å². The van der Waals surface area contributed by atoms with Gasteiger partial charge in [0, 0.05) is 50.2 Å². The lowest BCUT2D eigenvalue weighted by Crippen LogP contribution is -2.45. The Labute approximate surface area is 154 Å². The molecule has 142 valence electrons. The lowest BCUT2D eigenvalue weighted by atomic mass is 10.1. The second-order valence-corrected chi connectivity index (χ2v) is 8.90. The van der Waals surface area contributed by atoms with E-state index in [9.17, 15) is 8.42 Å². The molecule has 1 aliphatic rings. The molecule has 0 aromatic carbocycles. The molecule has 0 radical (unpaired) electrons. The van der Waals surface area contributed by atoms with Gasteiger partial charge in [-0.15, -0.1) is 0 Å². The lowest BCUT2D eigenvalue weighted by molar-refractivity contribution is 0.313. The SMILES string of the molecule is Cc1cc(N(C)C2CCN(S(=O)(=O)c3cn(C(C)C)cn3)CC2)ncn1. The standard InChI is InChI=1S/C17H26N6O2S/c1-13(2)22-10-17(20-12-22)26(24,25)23-7-5-15(6-8-23)21(4)16-9-14(3)18-11-19-16/h9-13,15H,5-8H2,1-4H3. The van der Waals surface area contributed by atoms with Crippen LogP contribution in [0.4, 0.5) is 5.82 Å². The molecule has 2 aromatic heterocycles. The average Bonchev–Trinajstić information content (AvgIpc) is 3.12. The molecule has 0 amide bonds. The number of hydrogen-bond acceptors (Lipinski definition) is 6. The molecule has 26 heavy (non-hydrogen) atoms. The van der Waals surface area contributed by atoms with E-state index in [-0.39, 0.29) is 17.1 Å². The fourth-order valence-electron chi connectivity index (χ4n) is 3.16. The van der Waals surface area contributed by atoms with Gasteiger partial charge in [0.1, 0.15) is 12.1 Å². The highest BCUT2D eigenvalue weighted by Gasteiger charge is 2.32. The van der Waals surface area contributed by atoms with E-state index in [0.717, 1.165) is 24.4 Å². The van der Waals surface area contributed by atoms with Crippen molar-refractivity contribution in [1.82, 2.24) is 23.8 Å². The Morgan fingerprint density at radius 2 is 1.88 bits per heavy atom. The maximum atomic E-state index is 12.8. The number of hydrogen-bond donors (Lipinski definition) is 0. The van der Waals surface area contributed by atoms with Crippen molar-refractivity contribution in [2.24, 2.45) is 0 Å². The summed E-state index contributed by atoms with van der Waals surface area (Å²) in [5, 5.41) is 0.129. The number of imidazole rings is 1. The third-order valence-corrected chi connectivity index (χ3v) is 6.68. The van der Waals surface area contributed by atoms with Crippen LogP contribution >= 0.6 is 0 Å². The molecule has 0 saturated carbocycles. The molecule has 0 atom stereocenters. The maximum absolute atomic E-state index is 12.8. The number of nitrogens with zero attached hydrogens (tertiary/aromatic N) is 6. The summed E-state index contributed by atoms with van der Waals surface area (Å²) < 4.78 is 29.0. The molecule has 3 rings (SSSR count). The second-order valence-electron chi connectivity index (χ2n) is 7.02. The average molecular weight is 379 g/mol. The Bertz CT molecular complexity index is 856. The van der Waals surface area contributed by atoms with Crippen molar-refractivity contribution in [3.63, 3.8) is 0 Å². The molecular weight excluding hydrogens is 352 g/mol. The van der Waals surface area contributed by atoms with Gasteiger partial charge in [-0.1, -0.05) is 0 Å². The van der Waals surface area contributed by atoms with Crippen LogP contribution in [0.1, 0.15) is 38.4 Å². The van der Waals surface area contributed by atoms with Gasteiger partial charge in [0.25, 0.3) is 10.0 Å². The van der Waals surface area contributed by atoms with Crippen LogP contribution in [0.2, 0.25) is 0 Å². The first-order valence-electron chi connectivity index (χ1n) is 8.84. The van der Waals surface area contributed by atoms with Gasteiger partial charge in [-0.3, -0.25) is 0 Å². The second kappa shape index (κ2) is 7.32. The number of sulfonamides is 1. The summed E-state index contributed by atoms with van der Waals surface area (Å²) in [5.74, 6) is 0.870. The van der Waals surface area contributed by atoms with E-state index in [0.29, 0.717) is 13.1 Å². The van der Waals surface area contributed by atoms with Crippen molar-refractivity contribution in [2.45, 2.75) is 50.7 Å². The summed E-state index contributed by atoms with van der Waals surface area (Å²) in [6.45, 7) is 6.89. The number of rotatable bonds is 5. The van der Waals surface area contributed by atoms with E-state index < -0.39 is 10.0 Å². The van der Waals surface area contributed by atoms with E-state index >= 15 is 0 Å². The van der Waals surface area contributed by atoms with Gasteiger partial charge in [-0.05, 0) is 33.6 Å². The van der Waals surface area contributed by atoms with Crippen molar-refractivity contribution in [2.75, 3.05) is 25.0 Å². The van der Waals surface area contributed by atoms with Gasteiger partial charge in [0.2, 0.25) is 0 Å². The van der Waals surface area contributed by atoms with E-state index in [1.54, 1.807) is 18.9 Å². The Hall–Kier alpha value is -2.00. The molecule has 1 saturated heterocycles. The third kappa shape index (κ3) is 3.73. The van der Waals surface area contributed by atoms with E-state index in [4.69, 9.17) is 0 Å². The summed E-state index contributed by atoms with van der Waals surface area (Å²) in [6.07, 6.45) is 6.26. The first kappa shape index (κ1) is 18.8. The normalized spacial score (nSPS) is 17.0. The fourth-order valence-corrected chi connectivity index (χ4v) is 4.55. The quantitative estimate of drug-likeness (QED) is 0.789. The van der Waals surface area contributed by atoms with Crippen LogP contribution in [0, 0.1) is 6.92 Å². The van der Waals surface area contributed by atoms with Gasteiger partial charge >= 0.3 is 0 Å². The molecule has 1 fully saturated rings. The van der Waals surface area contributed by atoms with Crippen LogP contribution in [-0.2, 0) is 10.0 Å². The Balaban J connectivity index is 1.67. The summed E-state index contributed by atoms with van der Waals surface area (Å²) >= 11 is 0. The number of aryl methyl sites for hydroxylation is 1. The minimum atomic E-state index is -3.54. The number of aromatic nitrogens is 4. The van der Waals surface area contributed by atoms with Crippen LogP contribution in [0.25, 0.3) is 0 Å². The highest BCUT2D eigenvalue weighted by molar-refractivity contribution is 7.89. The van der Waals surface area contributed by atoms with Crippen molar-refractivity contribution < 1.29 is 8.42 Å². The molecule has 0 spiro atoms. The van der Waals surface area contributed by atoms with Crippen molar-refractivity contribution in [3.8, 4) is 0 Å². The van der Waals surface area contributed by atoms with Crippen LogP contribution in [0.15, 0.2) is 29.9 Å². The van der Waals surface area contributed by atoms with E-state index in [2.05, 4.69) is 19.9 Å². The largest absolute Gasteiger partial charge is 0.356 e. The first-order chi connectivity index (χ1) is 12.3. The lowest BCUT2D eigenvalue weighted by Gasteiger charge is -2.36. The molecule has 2 aromatic rings. The summed E-state index contributed by atoms with van der Waals surface area (Å²) in [7, 11) is -1.54. The topological polar surface area (TPSA) is 84.2 Å². The number of anilines is 1. The van der Waals surface area contributed by atoms with E-state index in [1.165, 1.54) is 4.31 Å². The minimum Gasteiger partial charge on any atom is -0.356 e. The molecule has 3 heterocycles. The molecule has 1 aliphatic heterocycles. The zero-order valence-corrected chi connectivity index (χ0v) is 16.5. The molecule has 0 N–H and O–H groups in total. The predicted molar refractivity (Wildman–Crippen MR) is 99.6 cm³/mol. The summed E-state index contributed by atoms with van der Waals surface area (Å²) in [4.78, 5) is 14.7. The smallest absolute Gasteiger partial charge is 0.262 e. The number of piperidine rings is 1. The molecule has 0 aliphatic carbocycles. The van der Waals surface area contributed by atoms with Gasteiger partial charge in [-0.25, -0.2) is 23.4 Å². The van der Waals surface area contributed by atoms with Gasteiger partial charge < -0.3 is 9.47 Å². The Morgan fingerprint density at radius 3 is 2.46 bits per heavy atom. The first-order valence-corrected chi connectivity index (χ1v) is 10.3. The van der Waals surface area contributed by atoms with Crippen molar-refractivity contribution in [3.05, 3.63) is 30.6 Å². The monoisotopic (exact) mass is 378 g/mol. The third-order valence-electron chi connectivity index (χ3n) is 4.90. The zero-order chi connectivity index (χ0) is 18.9. The van der Waals surface area contributed by atoms with Crippen molar-refractivity contribution in [1.29, 1.82) is 0 Å². The highest BCUT2D eigenvalue weighted by Crippen LogP contribution is 2.24. The fraction of sp³-hybridized carbons (Fsp3) is 0.588. The molecule has 0 unspecified atom stereocenters. The maximum Gasteiger partial charge on any atom is 0.262 e. The van der Waals surface area contributed by atoms with Gasteiger partial charge in [0.05, 0.1) is 6.33 Å². The van der Waals surface area contributed by atoms with Crippen LogP contribution < -0.4 is 4.90 Å². The Morgan fingerprint density at radius 1 is 1.19 bits per heavy atom. The predicted octanol–water partition coefficient (Wildman–Crippen LogP) is 1.85. The highest BCUT2D eigenvalue weighted by atomic mass is 32.2. The molecule has 0 bridgehead atoms. The van der Waals surface area contributed by atoms with E-state index in [1.807, 2.05) is 38.5 Å². The Kier molecular flexibility index (Phi) is 5.29. The van der Waals surface area contributed by atoms with Crippen LogP contribution in [0.5, 0.6) is 0 Å². The molecule has 8 nitrogen and oxygen atoms in total. The zero-order valence-electron chi connectivity index (χ0n) is 15.7. The van der Waals surface area contributed by atoms with Crippen molar-refractivity contribution >= 4 is 15.8 Å².